The molecule has 0 saturated heterocycles. The minimum atomic E-state index is 0.751. The van der Waals surface area contributed by atoms with E-state index in [2.05, 4.69) is 38.7 Å². The molecule has 0 rings (SSSR count). The summed E-state index contributed by atoms with van der Waals surface area (Å²) in [7, 11) is 0. The Morgan fingerprint density at radius 3 is 2.33 bits per heavy atom. The van der Waals surface area contributed by atoms with Gasteiger partial charge in [0, 0.05) is 6.54 Å². The van der Waals surface area contributed by atoms with Gasteiger partial charge in [-0.1, -0.05) is 31.6 Å². The highest BCUT2D eigenvalue weighted by molar-refractivity contribution is 5.20. The van der Waals surface area contributed by atoms with E-state index in [1.807, 2.05) is 25.2 Å². The summed E-state index contributed by atoms with van der Waals surface area (Å²) in [6.07, 6.45) is 9.33. The summed E-state index contributed by atoms with van der Waals surface area (Å²) in [5, 5.41) is 0. The van der Waals surface area contributed by atoms with Crippen LogP contribution in [0.15, 0.2) is 35.6 Å². The average Bonchev–Trinajstić information content (AvgIpc) is 2.34. The van der Waals surface area contributed by atoms with E-state index in [1.165, 1.54) is 12.0 Å². The molecule has 0 amide bonds. The molecule has 0 aliphatic heterocycles. The second-order valence-electron chi connectivity index (χ2n) is 4.60. The van der Waals surface area contributed by atoms with Crippen molar-refractivity contribution in [2.45, 2.75) is 41.0 Å². The van der Waals surface area contributed by atoms with Gasteiger partial charge in [-0.05, 0) is 52.4 Å². The number of likely N-dealkylation sites (N-methyl/N-ethyl adjacent to an activating group) is 1. The van der Waals surface area contributed by atoms with Crippen LogP contribution in [-0.4, -0.2) is 31.1 Å². The highest BCUT2D eigenvalue weighted by atomic mass is 16.5. The second-order valence-corrected chi connectivity index (χ2v) is 4.60. The second kappa shape index (κ2) is 11.1. The van der Waals surface area contributed by atoms with Gasteiger partial charge in [0.25, 0.3) is 0 Å². The average molecular weight is 251 g/mol. The van der Waals surface area contributed by atoms with Crippen LogP contribution in [0, 0.1) is 0 Å². The van der Waals surface area contributed by atoms with E-state index < -0.39 is 0 Å². The van der Waals surface area contributed by atoms with Crippen LogP contribution in [0.25, 0.3) is 0 Å². The Bertz CT molecular complexity index is 285. The molecule has 0 aromatic heterocycles. The molecule has 0 fully saturated rings. The van der Waals surface area contributed by atoms with E-state index in [0.717, 1.165) is 32.0 Å². The van der Waals surface area contributed by atoms with Crippen LogP contribution in [0.2, 0.25) is 0 Å². The lowest BCUT2D eigenvalue weighted by Gasteiger charge is -2.19. The van der Waals surface area contributed by atoms with Crippen molar-refractivity contribution in [3.05, 3.63) is 35.6 Å². The summed E-state index contributed by atoms with van der Waals surface area (Å²) in [4.78, 5) is 2.41. The van der Waals surface area contributed by atoms with E-state index in [-0.39, 0.29) is 0 Å². The lowest BCUT2D eigenvalue weighted by molar-refractivity contribution is 0.168. The summed E-state index contributed by atoms with van der Waals surface area (Å²) < 4.78 is 5.80. The van der Waals surface area contributed by atoms with E-state index in [1.54, 1.807) is 0 Å². The Labute approximate surface area is 113 Å². The Balaban J connectivity index is 4.19. The fourth-order valence-corrected chi connectivity index (χ4v) is 1.60. The highest BCUT2D eigenvalue weighted by Gasteiger charge is 2.00. The molecule has 2 heteroatoms. The lowest BCUT2D eigenvalue weighted by Crippen LogP contribution is -2.28. The van der Waals surface area contributed by atoms with Gasteiger partial charge in [-0.2, -0.15) is 0 Å². The van der Waals surface area contributed by atoms with Gasteiger partial charge < -0.3 is 9.64 Å². The maximum Gasteiger partial charge on any atom is 0.119 e. The number of hydrogen-bond acceptors (Lipinski definition) is 2. The third-order valence-corrected chi connectivity index (χ3v) is 2.58. The Morgan fingerprint density at radius 2 is 1.83 bits per heavy atom. The minimum absolute atomic E-state index is 0.751. The maximum atomic E-state index is 5.80. The normalized spacial score (nSPS) is 12.2. The molecular formula is C16H29NO. The molecule has 0 heterocycles. The van der Waals surface area contributed by atoms with Gasteiger partial charge in [-0.3, -0.25) is 0 Å². The zero-order valence-electron chi connectivity index (χ0n) is 12.7. The van der Waals surface area contributed by atoms with E-state index in [4.69, 9.17) is 4.74 Å². The van der Waals surface area contributed by atoms with Crippen LogP contribution >= 0.6 is 0 Å². The maximum absolute atomic E-state index is 5.80. The van der Waals surface area contributed by atoms with Crippen LogP contribution in [0.3, 0.4) is 0 Å². The third-order valence-electron chi connectivity index (χ3n) is 2.58. The number of ether oxygens (including phenoxy) is 1. The van der Waals surface area contributed by atoms with Gasteiger partial charge in [-0.25, -0.2) is 0 Å². The molecule has 0 aliphatic carbocycles. The predicted molar refractivity (Wildman–Crippen MR) is 80.7 cm³/mol. The number of allylic oxidation sites excluding steroid dienone is 5. The smallest absolute Gasteiger partial charge is 0.119 e. The van der Waals surface area contributed by atoms with Crippen molar-refractivity contribution in [1.82, 2.24) is 4.90 Å². The Kier molecular flexibility index (Phi) is 10.5. The number of rotatable bonds is 9. The summed E-state index contributed by atoms with van der Waals surface area (Å²) >= 11 is 0. The molecule has 0 atom stereocenters. The molecule has 18 heavy (non-hydrogen) atoms. The molecule has 0 unspecified atom stereocenters. The van der Waals surface area contributed by atoms with Crippen molar-refractivity contribution in [3.63, 3.8) is 0 Å². The van der Waals surface area contributed by atoms with Gasteiger partial charge >= 0.3 is 0 Å². The molecule has 0 aromatic rings. The van der Waals surface area contributed by atoms with Gasteiger partial charge in [0.2, 0.25) is 0 Å². The SMILES string of the molecule is C/C=C\C(=C/C=C(C)C)OCCN(CC)CCC. The van der Waals surface area contributed by atoms with Crippen molar-refractivity contribution in [1.29, 1.82) is 0 Å². The number of nitrogens with zero attached hydrogens (tertiary/aromatic N) is 1. The van der Waals surface area contributed by atoms with Crippen molar-refractivity contribution < 1.29 is 4.74 Å². The first kappa shape index (κ1) is 17.0. The van der Waals surface area contributed by atoms with Crippen LogP contribution in [0.4, 0.5) is 0 Å². The molecular weight excluding hydrogens is 222 g/mol. The first-order chi connectivity index (χ1) is 8.63. The third kappa shape index (κ3) is 9.06. The Morgan fingerprint density at radius 1 is 1.11 bits per heavy atom. The van der Waals surface area contributed by atoms with E-state index in [0.29, 0.717) is 0 Å². The Hall–Kier alpha value is -1.02. The van der Waals surface area contributed by atoms with Crippen molar-refractivity contribution in [2.24, 2.45) is 0 Å². The zero-order valence-corrected chi connectivity index (χ0v) is 12.7. The molecule has 0 aromatic carbocycles. The van der Waals surface area contributed by atoms with Crippen molar-refractivity contribution in [3.8, 4) is 0 Å². The molecule has 0 saturated carbocycles. The molecule has 104 valence electrons. The predicted octanol–water partition coefficient (Wildman–Crippen LogP) is 4.16. The first-order valence-electron chi connectivity index (χ1n) is 6.97. The van der Waals surface area contributed by atoms with Gasteiger partial charge in [0.05, 0.1) is 0 Å². The van der Waals surface area contributed by atoms with E-state index in [9.17, 15) is 0 Å². The van der Waals surface area contributed by atoms with E-state index >= 15 is 0 Å². The van der Waals surface area contributed by atoms with Crippen LogP contribution in [0.1, 0.15) is 41.0 Å². The standard InChI is InChI=1S/C16H29NO/c1-6-9-16(11-10-15(4)5)18-14-13-17(8-3)12-7-2/h6,9-11H,7-8,12-14H2,1-5H3/b9-6-,16-11+. The monoisotopic (exact) mass is 251 g/mol. The molecule has 2 nitrogen and oxygen atoms in total. The molecule has 0 radical (unpaired) electrons. The topological polar surface area (TPSA) is 12.5 Å². The lowest BCUT2D eigenvalue weighted by atomic mass is 10.3. The molecule has 0 aliphatic rings. The summed E-state index contributed by atoms with van der Waals surface area (Å²) in [6.45, 7) is 14.6. The molecule has 0 spiro atoms. The highest BCUT2D eigenvalue weighted by Crippen LogP contribution is 2.03. The first-order valence-corrected chi connectivity index (χ1v) is 6.97. The largest absolute Gasteiger partial charge is 0.492 e. The fourth-order valence-electron chi connectivity index (χ4n) is 1.60. The van der Waals surface area contributed by atoms with Gasteiger partial charge in [0.15, 0.2) is 0 Å². The van der Waals surface area contributed by atoms with Gasteiger partial charge in [0.1, 0.15) is 12.4 Å². The van der Waals surface area contributed by atoms with Crippen LogP contribution < -0.4 is 0 Å². The zero-order chi connectivity index (χ0) is 13.8. The summed E-state index contributed by atoms with van der Waals surface area (Å²) in [6, 6.07) is 0. The molecule has 0 N–H and O–H groups in total. The summed E-state index contributed by atoms with van der Waals surface area (Å²) in [5.74, 6) is 0.936. The quantitative estimate of drug-likeness (QED) is 0.450. The molecule has 0 bridgehead atoms. The van der Waals surface area contributed by atoms with Crippen LogP contribution in [-0.2, 0) is 4.74 Å². The van der Waals surface area contributed by atoms with Crippen LogP contribution in [0.5, 0.6) is 0 Å². The number of hydrogen-bond donors (Lipinski definition) is 0. The fraction of sp³-hybridized carbons (Fsp3) is 0.625. The van der Waals surface area contributed by atoms with Crippen molar-refractivity contribution in [2.75, 3.05) is 26.2 Å². The van der Waals surface area contributed by atoms with Gasteiger partial charge in [-0.15, -0.1) is 0 Å². The van der Waals surface area contributed by atoms with Crippen molar-refractivity contribution >= 4 is 0 Å². The minimum Gasteiger partial charge on any atom is -0.492 e. The summed E-state index contributed by atoms with van der Waals surface area (Å²) in [5.41, 5.74) is 1.28.